The number of aliphatic hydroxyl groups excluding tert-OH is 18. The van der Waals surface area contributed by atoms with Gasteiger partial charge in [0.15, 0.2) is 31.5 Å². The molecule has 21 N–H and O–H groups in total. The number of hydrogen-bond donors (Lipinski definition) is 21. The summed E-state index contributed by atoms with van der Waals surface area (Å²) < 4.78 is 63.3. The van der Waals surface area contributed by atoms with E-state index in [1.807, 2.05) is 0 Å². The van der Waals surface area contributed by atoms with Gasteiger partial charge in [0.1, 0.15) is 134 Å². The minimum atomic E-state index is -3.13. The standard InChI is InChI=1S/C43H72N2O33/c1-10-21(54)26(59)30(63)39(69-10)77-36-27(60)23(56)15(6-47)72-41(36)75-33-20(45-12(3)51)38(76-35-24(57)16(7-48)71-40(31(35)64)74-32-17(8-49)70-37(65)29(62)28(32)61)73-18(25(33)58)9-68-43(42(66)67)4-13(52)19(44-11(2)50)34(78-43)22(55)14(53)5-46/h10,13-41,46-49,52-65H,4-9H2,1-3H3,(H,44,50)(H,45,51)(H,66,67). The van der Waals surface area contributed by atoms with Crippen LogP contribution in [0.3, 0.4) is 0 Å². The van der Waals surface area contributed by atoms with Crippen molar-refractivity contribution in [3.05, 3.63) is 0 Å². The van der Waals surface area contributed by atoms with Crippen molar-refractivity contribution in [2.75, 3.05) is 33.0 Å². The molecule has 2 amide bonds. The summed E-state index contributed by atoms with van der Waals surface area (Å²) in [6.07, 6.45) is -57.9. The second-order valence-corrected chi connectivity index (χ2v) is 19.7. The average molecular weight is 1150 g/mol. The molecule has 6 fully saturated rings. The second-order valence-electron chi connectivity index (χ2n) is 19.7. The first kappa shape index (κ1) is 64.4. The molecule has 6 aliphatic rings. The Labute approximate surface area is 441 Å². The van der Waals surface area contributed by atoms with Gasteiger partial charge in [-0.25, -0.2) is 4.79 Å². The number of carbonyl (C=O) groups is 3. The minimum absolute atomic E-state index is 0.835. The van der Waals surface area contributed by atoms with Crippen LogP contribution in [0.5, 0.6) is 0 Å². The lowest BCUT2D eigenvalue weighted by molar-refractivity contribution is -0.392. The first-order chi connectivity index (χ1) is 36.6. The number of ether oxygens (including phenoxy) is 11. The molecule has 0 aromatic heterocycles. The lowest BCUT2D eigenvalue weighted by Crippen LogP contribution is -2.71. The van der Waals surface area contributed by atoms with Crippen LogP contribution >= 0.6 is 0 Å². The van der Waals surface area contributed by atoms with E-state index in [0.29, 0.717) is 0 Å². The summed E-state index contributed by atoms with van der Waals surface area (Å²) in [6.45, 7) is -2.36. The molecule has 35 nitrogen and oxygen atoms in total. The van der Waals surface area contributed by atoms with Crippen LogP contribution in [0.2, 0.25) is 0 Å². The maximum atomic E-state index is 13.2. The van der Waals surface area contributed by atoms with Crippen molar-refractivity contribution in [1.29, 1.82) is 0 Å². The van der Waals surface area contributed by atoms with Crippen LogP contribution < -0.4 is 10.6 Å². The van der Waals surface area contributed by atoms with Gasteiger partial charge in [-0.1, -0.05) is 0 Å². The molecule has 0 aromatic carbocycles. The first-order valence-corrected chi connectivity index (χ1v) is 24.6. The molecule has 0 aromatic rings. The van der Waals surface area contributed by atoms with E-state index >= 15 is 0 Å². The Balaban J connectivity index is 1.41. The number of aliphatic carboxylic acids is 1. The summed E-state index contributed by atoms with van der Waals surface area (Å²) in [5.41, 5.74) is 0. The molecule has 6 aliphatic heterocycles. The molecule has 0 saturated carbocycles. The number of carboxylic acid groups (broad SMARTS) is 1. The highest BCUT2D eigenvalue weighted by molar-refractivity contribution is 5.76. The summed E-state index contributed by atoms with van der Waals surface area (Å²) in [5, 5.41) is 209. The largest absolute Gasteiger partial charge is 0.477 e. The Hall–Kier alpha value is -2.75. The van der Waals surface area contributed by atoms with E-state index in [-0.39, 0.29) is 0 Å². The number of amides is 2. The summed E-state index contributed by atoms with van der Waals surface area (Å²) in [7, 11) is 0. The van der Waals surface area contributed by atoms with Crippen molar-refractivity contribution in [1.82, 2.24) is 10.6 Å². The van der Waals surface area contributed by atoms with Crippen molar-refractivity contribution < 1.29 is 164 Å². The Kier molecular flexibility index (Phi) is 22.4. The smallest absolute Gasteiger partial charge is 0.364 e. The molecular formula is C43H72N2O33. The van der Waals surface area contributed by atoms with E-state index in [4.69, 9.17) is 52.1 Å². The Morgan fingerprint density at radius 1 is 0.538 bits per heavy atom. The molecule has 6 heterocycles. The molecule has 452 valence electrons. The summed E-state index contributed by atoms with van der Waals surface area (Å²) in [6, 6.07) is -3.69. The van der Waals surface area contributed by atoms with Crippen molar-refractivity contribution in [2.24, 2.45) is 0 Å². The molecule has 78 heavy (non-hydrogen) atoms. The molecule has 0 spiro atoms. The number of hydrogen-bond acceptors (Lipinski definition) is 32. The third-order valence-electron chi connectivity index (χ3n) is 14.2. The van der Waals surface area contributed by atoms with Crippen molar-refractivity contribution >= 4 is 17.8 Å². The van der Waals surface area contributed by atoms with E-state index in [1.54, 1.807) is 0 Å². The highest BCUT2D eigenvalue weighted by Crippen LogP contribution is 2.39. The Morgan fingerprint density at radius 2 is 1.05 bits per heavy atom. The zero-order chi connectivity index (χ0) is 58.0. The fraction of sp³-hybridized carbons (Fsp3) is 0.930. The van der Waals surface area contributed by atoms with Gasteiger partial charge in [0.05, 0.1) is 51.3 Å². The zero-order valence-electron chi connectivity index (χ0n) is 41.8. The van der Waals surface area contributed by atoms with Gasteiger partial charge < -0.3 is 160 Å². The summed E-state index contributed by atoms with van der Waals surface area (Å²) >= 11 is 0. The molecule has 0 bridgehead atoms. The van der Waals surface area contributed by atoms with Gasteiger partial charge in [0.25, 0.3) is 5.79 Å². The SMILES string of the molecule is CC(=O)NC1C(O)CC(OCC2OC(OC3C(O)C(CO)OC(OC4C(CO)OC(O)C(O)C4O)C3O)C(NC(C)=O)C(OC3OC(CO)C(O)C(O)C3OC3OC(C)C(O)C(O)C3O)C2O)(C(=O)O)OC1C(O)C(O)CO. The molecule has 35 heteroatoms. The zero-order valence-corrected chi connectivity index (χ0v) is 41.8. The molecule has 31 atom stereocenters. The first-order valence-electron chi connectivity index (χ1n) is 24.6. The van der Waals surface area contributed by atoms with E-state index in [1.165, 1.54) is 6.92 Å². The summed E-state index contributed by atoms with van der Waals surface area (Å²) in [4.78, 5) is 38.4. The predicted octanol–water partition coefficient (Wildman–Crippen LogP) is -13.6. The molecule has 0 radical (unpaired) electrons. The number of carboxylic acids is 1. The van der Waals surface area contributed by atoms with Crippen LogP contribution in [0.4, 0.5) is 0 Å². The lowest BCUT2D eigenvalue weighted by Gasteiger charge is -2.51. The van der Waals surface area contributed by atoms with Crippen molar-refractivity contribution in [3.8, 4) is 0 Å². The topological polar surface area (TPSA) is 561 Å². The fourth-order valence-electron chi connectivity index (χ4n) is 9.83. The molecular weight excluding hydrogens is 1070 g/mol. The molecule has 6 saturated heterocycles. The van der Waals surface area contributed by atoms with Crippen LogP contribution in [-0.2, 0) is 66.5 Å². The number of nitrogens with one attached hydrogen (secondary N) is 2. The third-order valence-corrected chi connectivity index (χ3v) is 14.2. The third kappa shape index (κ3) is 13.7. The fourth-order valence-corrected chi connectivity index (χ4v) is 9.83. The normalized spacial score (nSPS) is 48.1. The monoisotopic (exact) mass is 1140 g/mol. The van der Waals surface area contributed by atoms with Crippen LogP contribution in [0.15, 0.2) is 0 Å². The highest BCUT2D eigenvalue weighted by atomic mass is 16.8. The van der Waals surface area contributed by atoms with Gasteiger partial charge in [0.2, 0.25) is 11.8 Å². The maximum absolute atomic E-state index is 13.2. The van der Waals surface area contributed by atoms with Crippen molar-refractivity contribution in [3.63, 3.8) is 0 Å². The van der Waals surface area contributed by atoms with E-state index < -0.39 is 247 Å². The van der Waals surface area contributed by atoms with Gasteiger partial charge in [-0.05, 0) is 6.92 Å². The van der Waals surface area contributed by atoms with Crippen LogP contribution in [0, 0.1) is 0 Å². The quantitative estimate of drug-likeness (QED) is 0.0538. The highest BCUT2D eigenvalue weighted by Gasteiger charge is 2.60. The summed E-state index contributed by atoms with van der Waals surface area (Å²) in [5.74, 6) is -7.01. The lowest BCUT2D eigenvalue weighted by atomic mass is 9.88. The molecule has 31 unspecified atom stereocenters. The van der Waals surface area contributed by atoms with Gasteiger partial charge in [0, 0.05) is 20.3 Å². The molecule has 0 aliphatic carbocycles. The maximum Gasteiger partial charge on any atom is 0.364 e. The number of rotatable bonds is 20. The predicted molar refractivity (Wildman–Crippen MR) is 238 cm³/mol. The number of carbonyl (C=O) groups excluding carboxylic acids is 2. The van der Waals surface area contributed by atoms with Crippen molar-refractivity contribution in [2.45, 2.75) is 217 Å². The Morgan fingerprint density at radius 3 is 1.64 bits per heavy atom. The van der Waals surface area contributed by atoms with Gasteiger partial charge in [-0.15, -0.1) is 0 Å². The van der Waals surface area contributed by atoms with Gasteiger partial charge in [-0.2, -0.15) is 0 Å². The van der Waals surface area contributed by atoms with Crippen LogP contribution in [0.1, 0.15) is 27.2 Å². The van der Waals surface area contributed by atoms with Crippen LogP contribution in [-0.4, -0.2) is 338 Å². The van der Waals surface area contributed by atoms with Gasteiger partial charge >= 0.3 is 5.97 Å². The average Bonchev–Trinajstić information content (AvgIpc) is 3.44. The number of aliphatic hydroxyl groups is 18. The molecule has 6 rings (SSSR count). The van der Waals surface area contributed by atoms with Crippen LogP contribution in [0.25, 0.3) is 0 Å². The minimum Gasteiger partial charge on any atom is -0.477 e. The van der Waals surface area contributed by atoms with E-state index in [0.717, 1.165) is 13.8 Å². The van der Waals surface area contributed by atoms with E-state index in [2.05, 4.69) is 10.6 Å². The second kappa shape index (κ2) is 27.1. The van der Waals surface area contributed by atoms with E-state index in [9.17, 15) is 111 Å². The van der Waals surface area contributed by atoms with Gasteiger partial charge in [-0.3, -0.25) is 9.59 Å². The Bertz CT molecular complexity index is 1950.